The molecule has 0 aromatic heterocycles. The molecule has 1 radical (unpaired) electrons. The van der Waals surface area contributed by atoms with E-state index in [2.05, 4.69) is 17.1 Å². The molecule has 1 aliphatic rings. The molecule has 1 aliphatic heterocycles. The summed E-state index contributed by atoms with van der Waals surface area (Å²) in [7, 11) is 0. The Morgan fingerprint density at radius 3 is 1.40 bits per heavy atom. The quantitative estimate of drug-likeness (QED) is 0.667. The summed E-state index contributed by atoms with van der Waals surface area (Å²) >= 11 is 0. The van der Waals surface area contributed by atoms with Gasteiger partial charge in [-0.25, -0.2) is 0 Å². The van der Waals surface area contributed by atoms with E-state index in [1.54, 1.807) is 0 Å². The fourth-order valence-electron chi connectivity index (χ4n) is 0.964. The van der Waals surface area contributed by atoms with Crippen molar-refractivity contribution in [3.63, 3.8) is 0 Å². The summed E-state index contributed by atoms with van der Waals surface area (Å²) in [5.41, 5.74) is 0. The van der Waals surface area contributed by atoms with E-state index >= 15 is 0 Å². The summed E-state index contributed by atoms with van der Waals surface area (Å²) in [5.74, 6) is 0. The summed E-state index contributed by atoms with van der Waals surface area (Å²) < 4.78 is 0. The maximum absolute atomic E-state index is 4.23. The van der Waals surface area contributed by atoms with Crippen LogP contribution in [0.5, 0.6) is 0 Å². The average molecular weight is 390 g/mol. The summed E-state index contributed by atoms with van der Waals surface area (Å²) in [6.07, 6.45) is 0. The number of hydrogen-bond donors (Lipinski definition) is 0. The van der Waals surface area contributed by atoms with Crippen molar-refractivity contribution in [2.24, 2.45) is 0 Å². The molecule has 0 aromatic rings. The van der Waals surface area contributed by atoms with Crippen LogP contribution in [0.25, 0.3) is 5.32 Å². The van der Waals surface area contributed by atoms with Crippen LogP contribution < -0.4 is 0 Å². The van der Waals surface area contributed by atoms with Crippen molar-refractivity contribution in [1.29, 1.82) is 0 Å². The van der Waals surface area contributed by atoms with Crippen molar-refractivity contribution in [1.82, 2.24) is 4.90 Å². The Labute approximate surface area is 112 Å². The maximum Gasteiger partial charge on any atom is 0 e. The average Bonchev–Trinajstić information content (AvgIpc) is 2.37. The van der Waals surface area contributed by atoms with Crippen LogP contribution in [0.4, 0.5) is 0 Å². The molecular weight excluding hydrogens is 358 g/mol. The second-order valence-electron chi connectivity index (χ2n) is 2.11. The van der Waals surface area contributed by atoms with Crippen molar-refractivity contribution in [3.05, 3.63) is 5.32 Å². The predicted octanol–water partition coefficient (Wildman–Crippen LogP) is 3.77. The van der Waals surface area contributed by atoms with E-state index in [9.17, 15) is 0 Å². The van der Waals surface area contributed by atoms with Gasteiger partial charge in [0.15, 0.2) is 0 Å². The first-order chi connectivity index (χ1) is 6.93. The second-order valence-corrected chi connectivity index (χ2v) is 2.11. The Morgan fingerprint density at radius 1 is 0.867 bits per heavy atom. The fourth-order valence-corrected chi connectivity index (χ4v) is 0.964. The second kappa shape index (κ2) is 29.3. The van der Waals surface area contributed by atoms with Gasteiger partial charge in [0.1, 0.15) is 0 Å². The smallest absolute Gasteiger partial charge is 0 e. The molecule has 2 nitrogen and oxygen atoms in total. The van der Waals surface area contributed by atoms with Crippen molar-refractivity contribution >= 4 is 0 Å². The first-order valence-electron chi connectivity index (χ1n) is 6.29. The van der Waals surface area contributed by atoms with Crippen LogP contribution in [0.3, 0.4) is 0 Å². The van der Waals surface area contributed by atoms with Crippen molar-refractivity contribution in [2.75, 3.05) is 32.7 Å². The molecule has 0 N–H and O–H groups in total. The molecule has 0 bridgehead atoms. The van der Waals surface area contributed by atoms with Gasteiger partial charge in [0.25, 0.3) is 0 Å². The van der Waals surface area contributed by atoms with Crippen LogP contribution in [0.2, 0.25) is 0 Å². The molecule has 1 rings (SSSR count). The zero-order chi connectivity index (χ0) is 11.8. The third kappa shape index (κ3) is 20.6. The van der Waals surface area contributed by atoms with Gasteiger partial charge in [-0.1, -0.05) is 48.5 Å². The van der Waals surface area contributed by atoms with Gasteiger partial charge < -0.3 is 10.2 Å². The molecule has 1 heterocycles. The Hall–Kier alpha value is 0.582. The molecule has 0 unspecified atom stereocenters. The van der Waals surface area contributed by atoms with Crippen molar-refractivity contribution in [2.45, 2.75) is 48.5 Å². The SMILES string of the molecule is CC.CC.CC.CCN1CC[N-]CC1.[Re]. The molecule has 0 aliphatic carbocycles. The number of piperazine rings is 1. The number of nitrogens with zero attached hydrogens (tertiary/aromatic N) is 2. The summed E-state index contributed by atoms with van der Waals surface area (Å²) in [5, 5.41) is 4.23. The van der Waals surface area contributed by atoms with Gasteiger partial charge in [0, 0.05) is 20.4 Å². The number of rotatable bonds is 1. The van der Waals surface area contributed by atoms with Crippen molar-refractivity contribution in [3.8, 4) is 0 Å². The Kier molecular flexibility index (Phi) is 48.2. The maximum atomic E-state index is 4.23. The van der Waals surface area contributed by atoms with Gasteiger partial charge in [-0.05, 0) is 19.6 Å². The van der Waals surface area contributed by atoms with Crippen LogP contribution >= 0.6 is 0 Å². The van der Waals surface area contributed by atoms with Crippen LogP contribution in [-0.2, 0) is 20.4 Å². The van der Waals surface area contributed by atoms with Gasteiger partial charge in [0.2, 0.25) is 0 Å². The molecule has 0 amide bonds. The van der Waals surface area contributed by atoms with Crippen LogP contribution in [0.15, 0.2) is 0 Å². The first-order valence-corrected chi connectivity index (χ1v) is 6.29. The van der Waals surface area contributed by atoms with Gasteiger partial charge in [-0.3, -0.25) is 0 Å². The monoisotopic (exact) mass is 390 g/mol. The molecule has 0 atom stereocenters. The van der Waals surface area contributed by atoms with E-state index in [1.165, 1.54) is 19.6 Å². The van der Waals surface area contributed by atoms with Crippen LogP contribution in [0.1, 0.15) is 48.5 Å². The van der Waals surface area contributed by atoms with E-state index in [-0.39, 0.29) is 20.4 Å². The summed E-state index contributed by atoms with van der Waals surface area (Å²) in [4.78, 5) is 2.42. The molecule has 3 heteroatoms. The van der Waals surface area contributed by atoms with Gasteiger partial charge in [0.05, 0.1) is 0 Å². The van der Waals surface area contributed by atoms with Gasteiger partial charge >= 0.3 is 0 Å². The largest absolute Gasteiger partial charge is 0.660 e. The van der Waals surface area contributed by atoms with E-state index in [4.69, 9.17) is 0 Å². The van der Waals surface area contributed by atoms with E-state index in [0.29, 0.717) is 0 Å². The zero-order valence-electron chi connectivity index (χ0n) is 11.8. The molecular formula is C12H31N2Re-. The van der Waals surface area contributed by atoms with Gasteiger partial charge in [-0.15, -0.1) is 13.1 Å². The number of hydrogen-bond acceptors (Lipinski definition) is 1. The topological polar surface area (TPSA) is 17.3 Å². The van der Waals surface area contributed by atoms with E-state index < -0.39 is 0 Å². The molecule has 97 valence electrons. The molecule has 0 spiro atoms. The normalized spacial score (nSPS) is 13.8. The number of likely N-dealkylation sites (N-methyl/N-ethyl adjacent to an activating group) is 1. The van der Waals surface area contributed by atoms with Crippen molar-refractivity contribution < 1.29 is 20.4 Å². The fraction of sp³-hybridized carbons (Fsp3) is 1.00. The Balaban J connectivity index is -0.0000000755. The minimum Gasteiger partial charge on any atom is -0.660 e. The predicted molar refractivity (Wildman–Crippen MR) is 69.3 cm³/mol. The summed E-state index contributed by atoms with van der Waals surface area (Å²) in [6.45, 7) is 19.8. The molecule has 1 saturated heterocycles. The Bertz CT molecular complexity index is 64.6. The Morgan fingerprint density at radius 2 is 1.20 bits per heavy atom. The van der Waals surface area contributed by atoms with Gasteiger partial charge in [-0.2, -0.15) is 0 Å². The molecule has 0 aromatic carbocycles. The zero-order valence-corrected chi connectivity index (χ0v) is 14.5. The minimum absolute atomic E-state index is 0. The first kappa shape index (κ1) is 24.7. The standard InChI is InChI=1S/C6H13N2.3C2H6.Re/c1-2-8-5-3-7-4-6-8;3*1-2;/h2-6H2,1H3;3*1-2H3;/q-1;;;;. The third-order valence-corrected chi connectivity index (χ3v) is 1.60. The van der Waals surface area contributed by atoms with E-state index in [0.717, 1.165) is 13.1 Å². The molecule has 0 saturated carbocycles. The molecule has 15 heavy (non-hydrogen) atoms. The van der Waals surface area contributed by atoms with Crippen LogP contribution in [0, 0.1) is 0 Å². The minimum atomic E-state index is 0. The van der Waals surface area contributed by atoms with E-state index in [1.807, 2.05) is 41.5 Å². The molecule has 1 fully saturated rings. The third-order valence-electron chi connectivity index (χ3n) is 1.60. The van der Waals surface area contributed by atoms with Crippen LogP contribution in [-0.4, -0.2) is 37.6 Å². The summed E-state index contributed by atoms with van der Waals surface area (Å²) in [6, 6.07) is 0.